The number of benzene rings is 4. The van der Waals surface area contributed by atoms with Crippen LogP contribution in [0, 0.1) is 13.8 Å². The molecule has 0 bridgehead atoms. The molecule has 1 amide bonds. The van der Waals surface area contributed by atoms with Gasteiger partial charge >= 0.3 is 5.91 Å². The summed E-state index contributed by atoms with van der Waals surface area (Å²) in [7, 11) is 3.03. The Hall–Kier alpha value is -5.57. The molecule has 9 nitrogen and oxygen atoms in total. The molecule has 2 N–H and O–H groups in total. The molecule has 5 aromatic rings. The van der Waals surface area contributed by atoms with E-state index in [-0.39, 0.29) is 17.3 Å². The van der Waals surface area contributed by atoms with Gasteiger partial charge in [0.15, 0.2) is 11.5 Å². The summed E-state index contributed by atoms with van der Waals surface area (Å²) in [6.45, 7) is 4.20. The number of hydrogen-bond acceptors (Lipinski definition) is 7. The van der Waals surface area contributed by atoms with Crippen LogP contribution in [-0.2, 0) is 16.2 Å². The Morgan fingerprint density at radius 1 is 0.886 bits per heavy atom. The predicted octanol–water partition coefficient (Wildman–Crippen LogP) is 6.40. The number of aliphatic hydroxyl groups is 1. The smallest absolute Gasteiger partial charge is 0.302 e. The van der Waals surface area contributed by atoms with E-state index >= 15 is 0 Å². The molecule has 1 aliphatic heterocycles. The first-order valence-corrected chi connectivity index (χ1v) is 14.1. The monoisotopic (exact) mass is 589 g/mol. The van der Waals surface area contributed by atoms with Crippen molar-refractivity contribution in [3.8, 4) is 17.2 Å². The fraction of sp³-hybridized carbons (Fsp3) is 0.171. The van der Waals surface area contributed by atoms with Crippen molar-refractivity contribution in [3.63, 3.8) is 0 Å². The minimum Gasteiger partial charge on any atom is -0.507 e. The van der Waals surface area contributed by atoms with Crippen molar-refractivity contribution in [1.82, 2.24) is 9.97 Å². The minimum atomic E-state index is -1.01. The van der Waals surface area contributed by atoms with Crippen molar-refractivity contribution in [2.24, 2.45) is 0 Å². The van der Waals surface area contributed by atoms with Crippen LogP contribution in [0.15, 0.2) is 90.5 Å². The van der Waals surface area contributed by atoms with Crippen LogP contribution in [0.2, 0.25) is 0 Å². The van der Waals surface area contributed by atoms with Gasteiger partial charge in [-0.1, -0.05) is 42.5 Å². The highest BCUT2D eigenvalue weighted by atomic mass is 16.5. The highest BCUT2D eigenvalue weighted by Gasteiger charge is 2.48. The third-order valence-electron chi connectivity index (χ3n) is 7.71. The van der Waals surface area contributed by atoms with Gasteiger partial charge in [-0.15, -0.1) is 0 Å². The number of ether oxygens (including phenoxy) is 3. The normalized spacial score (nSPS) is 16.0. The summed E-state index contributed by atoms with van der Waals surface area (Å²) in [4.78, 5) is 36.5. The number of hydrogen-bond donors (Lipinski definition) is 2. The standard InChI is InChI=1S/C35H31N3O6/c1-20-10-13-25-26(16-20)37-35(36-25)38-31(23-11-15-28(42-3)29(18-23)43-4)30(33(40)34(38)41)32(39)24-12-14-27(21(2)17-24)44-19-22-8-6-5-7-9-22/h5-18,31,39H,19H2,1-4H3,(H,36,37)/b32-30+. The summed E-state index contributed by atoms with van der Waals surface area (Å²) in [5, 5.41) is 11.7. The summed E-state index contributed by atoms with van der Waals surface area (Å²) in [6.07, 6.45) is 0. The van der Waals surface area contributed by atoms with E-state index in [1.807, 2.05) is 62.4 Å². The van der Waals surface area contributed by atoms with Crippen molar-refractivity contribution >= 4 is 34.4 Å². The van der Waals surface area contributed by atoms with Crippen LogP contribution in [0.5, 0.6) is 17.2 Å². The van der Waals surface area contributed by atoms with Crippen LogP contribution in [0.25, 0.3) is 16.8 Å². The lowest BCUT2D eigenvalue weighted by molar-refractivity contribution is -0.132. The van der Waals surface area contributed by atoms with Gasteiger partial charge in [-0.3, -0.25) is 14.5 Å². The third-order valence-corrected chi connectivity index (χ3v) is 7.71. The first-order valence-electron chi connectivity index (χ1n) is 14.1. The van der Waals surface area contributed by atoms with E-state index in [0.717, 1.165) is 22.2 Å². The molecule has 1 unspecified atom stereocenters. The third kappa shape index (κ3) is 5.13. The van der Waals surface area contributed by atoms with Gasteiger partial charge in [-0.25, -0.2) is 4.98 Å². The first-order chi connectivity index (χ1) is 21.3. The summed E-state index contributed by atoms with van der Waals surface area (Å²) in [6, 6.07) is 24.7. The molecular weight excluding hydrogens is 558 g/mol. The molecular formula is C35H31N3O6. The number of ketones is 1. The fourth-order valence-electron chi connectivity index (χ4n) is 5.46. The summed E-state index contributed by atoms with van der Waals surface area (Å²) in [5.74, 6) is -0.245. The number of carbonyl (C=O) groups is 2. The fourth-order valence-corrected chi connectivity index (χ4v) is 5.46. The van der Waals surface area contributed by atoms with Crippen molar-refractivity contribution in [1.29, 1.82) is 0 Å². The van der Waals surface area contributed by atoms with Gasteiger partial charge in [0.1, 0.15) is 18.1 Å². The maximum absolute atomic E-state index is 13.7. The summed E-state index contributed by atoms with van der Waals surface area (Å²) in [5.41, 5.74) is 4.98. The second-order valence-electron chi connectivity index (χ2n) is 10.6. The molecule has 222 valence electrons. The van der Waals surface area contributed by atoms with Crippen molar-refractivity contribution in [3.05, 3.63) is 118 Å². The van der Waals surface area contributed by atoms with E-state index in [4.69, 9.17) is 14.2 Å². The van der Waals surface area contributed by atoms with Gasteiger partial charge in [-0.05, 0) is 78.6 Å². The Morgan fingerprint density at radius 2 is 1.64 bits per heavy atom. The number of Topliss-reactive ketones (excluding diaryl/α,β-unsaturated/α-hetero) is 1. The molecule has 1 fully saturated rings. The van der Waals surface area contributed by atoms with Gasteiger partial charge in [0.05, 0.1) is 36.9 Å². The molecule has 6 rings (SSSR count). The SMILES string of the molecule is COc1ccc(C2/C(=C(\O)c3ccc(OCc4ccccc4)c(C)c3)C(=O)C(=O)N2c2nc3ccc(C)cc3[nH]2)cc1OC. The number of carbonyl (C=O) groups excluding carboxylic acids is 2. The number of fused-ring (bicyclic) bond motifs is 1. The molecule has 0 radical (unpaired) electrons. The number of nitrogens with one attached hydrogen (secondary N) is 1. The van der Waals surface area contributed by atoms with E-state index in [0.29, 0.717) is 40.5 Å². The number of aromatic amines is 1. The molecule has 44 heavy (non-hydrogen) atoms. The van der Waals surface area contributed by atoms with Crippen molar-refractivity contribution in [2.45, 2.75) is 26.5 Å². The highest BCUT2D eigenvalue weighted by Crippen LogP contribution is 2.44. The average molecular weight is 590 g/mol. The number of nitrogens with zero attached hydrogens (tertiary/aromatic N) is 2. The van der Waals surface area contributed by atoms with E-state index in [1.54, 1.807) is 36.4 Å². The van der Waals surface area contributed by atoms with Crippen LogP contribution in [0.3, 0.4) is 0 Å². The maximum atomic E-state index is 13.7. The van der Waals surface area contributed by atoms with Crippen LogP contribution < -0.4 is 19.1 Å². The second kappa shape index (κ2) is 11.6. The lowest BCUT2D eigenvalue weighted by atomic mass is 9.94. The van der Waals surface area contributed by atoms with Crippen LogP contribution in [-0.4, -0.2) is 41.0 Å². The zero-order valence-electron chi connectivity index (χ0n) is 24.8. The molecule has 1 atom stereocenters. The van der Waals surface area contributed by atoms with Crippen molar-refractivity contribution in [2.75, 3.05) is 19.1 Å². The summed E-state index contributed by atoms with van der Waals surface area (Å²) < 4.78 is 16.9. The number of aliphatic hydroxyl groups excluding tert-OH is 1. The largest absolute Gasteiger partial charge is 0.507 e. The lowest BCUT2D eigenvalue weighted by Gasteiger charge is -2.24. The number of H-pyrrole nitrogens is 1. The average Bonchev–Trinajstić information content (AvgIpc) is 3.57. The maximum Gasteiger partial charge on any atom is 0.302 e. The van der Waals surface area contributed by atoms with Crippen LogP contribution >= 0.6 is 0 Å². The molecule has 4 aromatic carbocycles. The van der Waals surface area contributed by atoms with E-state index in [1.165, 1.54) is 19.1 Å². The van der Waals surface area contributed by atoms with Gasteiger partial charge in [0.25, 0.3) is 5.78 Å². The topological polar surface area (TPSA) is 114 Å². The Bertz CT molecular complexity index is 1930. The minimum absolute atomic E-state index is 0.0730. The van der Waals surface area contributed by atoms with E-state index in [9.17, 15) is 14.7 Å². The van der Waals surface area contributed by atoms with Crippen LogP contribution in [0.1, 0.15) is 33.9 Å². The summed E-state index contributed by atoms with van der Waals surface area (Å²) >= 11 is 0. The van der Waals surface area contributed by atoms with Crippen molar-refractivity contribution < 1.29 is 28.9 Å². The van der Waals surface area contributed by atoms with Gasteiger partial charge < -0.3 is 24.3 Å². The number of imidazole rings is 1. The Kier molecular flexibility index (Phi) is 7.53. The zero-order valence-corrected chi connectivity index (χ0v) is 24.8. The molecule has 2 heterocycles. The Morgan fingerprint density at radius 3 is 2.36 bits per heavy atom. The Labute approximate surface area is 254 Å². The van der Waals surface area contributed by atoms with E-state index in [2.05, 4.69) is 9.97 Å². The number of amides is 1. The van der Waals surface area contributed by atoms with Crippen LogP contribution in [0.4, 0.5) is 5.95 Å². The van der Waals surface area contributed by atoms with Gasteiger partial charge in [0.2, 0.25) is 5.95 Å². The molecule has 0 spiro atoms. The first kappa shape index (κ1) is 28.5. The Balaban J connectivity index is 1.45. The molecule has 1 saturated heterocycles. The molecule has 0 aliphatic carbocycles. The lowest BCUT2D eigenvalue weighted by Crippen LogP contribution is -2.30. The van der Waals surface area contributed by atoms with Gasteiger partial charge in [0, 0.05) is 5.56 Å². The molecule has 1 aromatic heterocycles. The number of anilines is 1. The number of aromatic nitrogens is 2. The zero-order chi connectivity index (χ0) is 31.0. The molecule has 9 heteroatoms. The number of rotatable bonds is 8. The number of aryl methyl sites for hydroxylation is 2. The number of methoxy groups -OCH3 is 2. The molecule has 1 aliphatic rings. The van der Waals surface area contributed by atoms with Gasteiger partial charge in [-0.2, -0.15) is 0 Å². The predicted molar refractivity (Wildman–Crippen MR) is 167 cm³/mol. The van der Waals surface area contributed by atoms with E-state index < -0.39 is 17.7 Å². The quantitative estimate of drug-likeness (QED) is 0.122. The highest BCUT2D eigenvalue weighted by molar-refractivity contribution is 6.51. The second-order valence-corrected chi connectivity index (χ2v) is 10.6. The molecule has 0 saturated carbocycles.